The predicted molar refractivity (Wildman–Crippen MR) is 101 cm³/mol. The zero-order chi connectivity index (χ0) is 18.7. The lowest BCUT2D eigenvalue weighted by molar-refractivity contribution is -0.384. The number of nitrogens with zero attached hydrogens (tertiary/aromatic N) is 2. The van der Waals surface area contributed by atoms with E-state index in [9.17, 15) is 14.9 Å². The summed E-state index contributed by atoms with van der Waals surface area (Å²) < 4.78 is 5.19. The van der Waals surface area contributed by atoms with E-state index in [-0.39, 0.29) is 29.4 Å². The van der Waals surface area contributed by atoms with Crippen molar-refractivity contribution in [2.24, 2.45) is 0 Å². The van der Waals surface area contributed by atoms with Gasteiger partial charge in [0.1, 0.15) is 5.75 Å². The van der Waals surface area contributed by atoms with Crippen LogP contribution in [0.5, 0.6) is 5.75 Å². The molecule has 26 heavy (non-hydrogen) atoms. The normalized spacial score (nSPS) is 18.5. The van der Waals surface area contributed by atoms with Gasteiger partial charge in [-0.25, -0.2) is 0 Å². The number of benzene rings is 1. The topological polar surface area (TPSA) is 84.7 Å². The van der Waals surface area contributed by atoms with Gasteiger partial charge in [0.05, 0.1) is 29.8 Å². The molecule has 1 aliphatic rings. The maximum Gasteiger partial charge on any atom is 0.273 e. The van der Waals surface area contributed by atoms with Crippen LogP contribution in [0.2, 0.25) is 0 Å². The SMILES string of the molecule is COc1cc([N+](=O)[O-])ccc1NC(=O)[C@@H](C)N1CCC[C@@H]1c1cccs1. The van der Waals surface area contributed by atoms with Crippen LogP contribution in [0.15, 0.2) is 35.7 Å². The van der Waals surface area contributed by atoms with Crippen molar-refractivity contribution in [1.82, 2.24) is 4.90 Å². The number of anilines is 1. The van der Waals surface area contributed by atoms with Crippen LogP contribution < -0.4 is 10.1 Å². The van der Waals surface area contributed by atoms with E-state index in [1.165, 1.54) is 30.2 Å². The summed E-state index contributed by atoms with van der Waals surface area (Å²) in [5.41, 5.74) is 0.354. The van der Waals surface area contributed by atoms with Gasteiger partial charge in [0.25, 0.3) is 5.69 Å². The van der Waals surface area contributed by atoms with Crippen LogP contribution in [0.3, 0.4) is 0 Å². The van der Waals surface area contributed by atoms with Crippen molar-refractivity contribution in [2.75, 3.05) is 19.0 Å². The Labute approximate surface area is 155 Å². The molecule has 2 heterocycles. The van der Waals surface area contributed by atoms with Gasteiger partial charge in [-0.15, -0.1) is 11.3 Å². The number of likely N-dealkylation sites (tertiary alicyclic amines) is 1. The Morgan fingerprint density at radius 2 is 2.27 bits per heavy atom. The molecule has 8 heteroatoms. The summed E-state index contributed by atoms with van der Waals surface area (Å²) >= 11 is 1.71. The Morgan fingerprint density at radius 3 is 2.92 bits per heavy atom. The van der Waals surface area contributed by atoms with Crippen LogP contribution in [-0.4, -0.2) is 35.4 Å². The molecule has 0 radical (unpaired) electrons. The summed E-state index contributed by atoms with van der Waals surface area (Å²) in [6, 6.07) is 8.25. The molecule has 0 saturated carbocycles. The third-order valence-corrected chi connectivity index (χ3v) is 5.67. The fourth-order valence-corrected chi connectivity index (χ4v) is 4.21. The summed E-state index contributed by atoms with van der Waals surface area (Å²) in [6.07, 6.45) is 2.10. The van der Waals surface area contributed by atoms with Crippen molar-refractivity contribution in [1.29, 1.82) is 0 Å². The van der Waals surface area contributed by atoms with Crippen molar-refractivity contribution < 1.29 is 14.5 Å². The quantitative estimate of drug-likeness (QED) is 0.613. The number of thiophene rings is 1. The highest BCUT2D eigenvalue weighted by molar-refractivity contribution is 7.10. The number of nitro groups is 1. The highest BCUT2D eigenvalue weighted by Gasteiger charge is 2.33. The second-order valence-corrected chi connectivity index (χ2v) is 7.20. The highest BCUT2D eigenvalue weighted by atomic mass is 32.1. The van der Waals surface area contributed by atoms with E-state index in [4.69, 9.17) is 4.74 Å². The van der Waals surface area contributed by atoms with Gasteiger partial charge >= 0.3 is 0 Å². The fraction of sp³-hybridized carbons (Fsp3) is 0.389. The maximum absolute atomic E-state index is 12.8. The van der Waals surface area contributed by atoms with Crippen molar-refractivity contribution in [3.63, 3.8) is 0 Å². The molecule has 1 aromatic carbocycles. The van der Waals surface area contributed by atoms with Crippen LogP contribution in [0.4, 0.5) is 11.4 Å². The standard InChI is InChI=1S/C18H21N3O4S/c1-12(20-9-3-5-15(20)17-6-4-10-26-17)18(22)19-14-8-7-13(21(23)24)11-16(14)25-2/h4,6-8,10-12,15H,3,5,9H2,1-2H3,(H,19,22)/t12-,15-/m1/s1. The van der Waals surface area contributed by atoms with Crippen LogP contribution in [0.25, 0.3) is 0 Å². The van der Waals surface area contributed by atoms with Crippen molar-refractivity contribution in [2.45, 2.75) is 31.8 Å². The number of methoxy groups -OCH3 is 1. The lowest BCUT2D eigenvalue weighted by atomic mass is 10.1. The highest BCUT2D eigenvalue weighted by Crippen LogP contribution is 2.36. The van der Waals surface area contributed by atoms with Crippen molar-refractivity contribution in [3.8, 4) is 5.75 Å². The number of nitrogens with one attached hydrogen (secondary N) is 1. The lowest BCUT2D eigenvalue weighted by Gasteiger charge is -2.29. The largest absolute Gasteiger partial charge is 0.494 e. The molecule has 138 valence electrons. The number of hydrogen-bond donors (Lipinski definition) is 1. The second kappa shape index (κ2) is 7.84. The molecule has 0 aliphatic carbocycles. The zero-order valence-electron chi connectivity index (χ0n) is 14.7. The number of carbonyl (C=O) groups is 1. The Morgan fingerprint density at radius 1 is 1.46 bits per heavy atom. The van der Waals surface area contributed by atoms with E-state index in [0.29, 0.717) is 5.69 Å². The predicted octanol–water partition coefficient (Wildman–Crippen LogP) is 3.83. The third kappa shape index (κ3) is 3.71. The van der Waals surface area contributed by atoms with Gasteiger partial charge in [0.2, 0.25) is 5.91 Å². The summed E-state index contributed by atoms with van der Waals surface area (Å²) in [5.74, 6) is 0.122. The van der Waals surface area contributed by atoms with Gasteiger partial charge in [0, 0.05) is 17.0 Å². The molecule has 2 atom stereocenters. The summed E-state index contributed by atoms with van der Waals surface area (Å²) in [4.78, 5) is 26.6. The molecule has 0 spiro atoms. The summed E-state index contributed by atoms with van der Waals surface area (Å²) in [5, 5.41) is 15.8. The minimum Gasteiger partial charge on any atom is -0.494 e. The molecule has 1 amide bonds. The Hall–Kier alpha value is -2.45. The number of nitro benzene ring substituents is 1. The van der Waals surface area contributed by atoms with Gasteiger partial charge in [-0.2, -0.15) is 0 Å². The number of ether oxygens (including phenoxy) is 1. The smallest absolute Gasteiger partial charge is 0.273 e. The van der Waals surface area contributed by atoms with E-state index < -0.39 is 4.92 Å². The zero-order valence-corrected chi connectivity index (χ0v) is 15.5. The summed E-state index contributed by atoms with van der Waals surface area (Å²) in [7, 11) is 1.42. The van der Waals surface area contributed by atoms with Crippen molar-refractivity contribution >= 4 is 28.6 Å². The van der Waals surface area contributed by atoms with E-state index in [2.05, 4.69) is 21.7 Å². The van der Waals surface area contributed by atoms with Gasteiger partial charge in [-0.3, -0.25) is 19.8 Å². The molecule has 0 unspecified atom stereocenters. The van der Waals surface area contributed by atoms with E-state index >= 15 is 0 Å². The Balaban J connectivity index is 1.74. The van der Waals surface area contributed by atoms with Crippen LogP contribution in [0, 0.1) is 10.1 Å². The number of rotatable bonds is 6. The number of carbonyl (C=O) groups excluding carboxylic acids is 1. The fourth-order valence-electron chi connectivity index (χ4n) is 3.32. The van der Waals surface area contributed by atoms with Gasteiger partial charge in [-0.05, 0) is 43.8 Å². The first-order valence-electron chi connectivity index (χ1n) is 8.43. The number of hydrogen-bond acceptors (Lipinski definition) is 6. The molecular formula is C18H21N3O4S. The average Bonchev–Trinajstić information content (AvgIpc) is 3.32. The van der Waals surface area contributed by atoms with E-state index in [1.807, 2.05) is 13.0 Å². The molecule has 2 aromatic rings. The molecule has 3 rings (SSSR count). The molecule has 1 saturated heterocycles. The minimum absolute atomic E-state index is 0.0785. The van der Waals surface area contributed by atoms with E-state index in [0.717, 1.165) is 19.4 Å². The first-order chi connectivity index (χ1) is 12.5. The van der Waals surface area contributed by atoms with Crippen LogP contribution in [0.1, 0.15) is 30.7 Å². The van der Waals surface area contributed by atoms with Gasteiger partial charge in [0.15, 0.2) is 0 Å². The van der Waals surface area contributed by atoms with Crippen LogP contribution >= 0.6 is 11.3 Å². The Bertz CT molecular complexity index is 794. The van der Waals surface area contributed by atoms with E-state index in [1.54, 1.807) is 11.3 Å². The molecule has 1 N–H and O–H groups in total. The molecule has 1 aromatic heterocycles. The molecule has 1 aliphatic heterocycles. The minimum atomic E-state index is -0.493. The number of non-ortho nitro benzene ring substituents is 1. The molecule has 1 fully saturated rings. The summed E-state index contributed by atoms with van der Waals surface area (Å²) in [6.45, 7) is 2.76. The maximum atomic E-state index is 12.8. The van der Waals surface area contributed by atoms with Gasteiger partial charge < -0.3 is 10.1 Å². The first-order valence-corrected chi connectivity index (χ1v) is 9.31. The molecular weight excluding hydrogens is 354 g/mol. The average molecular weight is 375 g/mol. The molecule has 7 nitrogen and oxygen atoms in total. The monoisotopic (exact) mass is 375 g/mol. The second-order valence-electron chi connectivity index (χ2n) is 6.22. The van der Waals surface area contributed by atoms with Gasteiger partial charge in [-0.1, -0.05) is 6.07 Å². The third-order valence-electron chi connectivity index (χ3n) is 4.70. The number of amides is 1. The Kier molecular flexibility index (Phi) is 5.53. The van der Waals surface area contributed by atoms with Crippen LogP contribution in [-0.2, 0) is 4.79 Å². The molecule has 0 bridgehead atoms. The van der Waals surface area contributed by atoms with Crippen molar-refractivity contribution in [3.05, 3.63) is 50.7 Å². The lowest BCUT2D eigenvalue weighted by Crippen LogP contribution is -2.41. The first kappa shape index (κ1) is 18.3.